The summed E-state index contributed by atoms with van der Waals surface area (Å²) in [7, 11) is 0. The number of carbonyl (C=O) groups excluding carboxylic acids is 1. The Morgan fingerprint density at radius 2 is 1.10 bits per heavy atom. The summed E-state index contributed by atoms with van der Waals surface area (Å²) in [5, 5.41) is 24.5. The van der Waals surface area contributed by atoms with E-state index in [9.17, 15) is 18.0 Å². The Hall–Kier alpha value is -5.51. The Balaban J connectivity index is 0.000000164. The molecule has 0 spiro atoms. The number of piperidine rings is 1. The molecule has 2 saturated carbocycles. The van der Waals surface area contributed by atoms with Crippen LogP contribution in [0.15, 0.2) is 85.7 Å². The Labute approximate surface area is 366 Å². The van der Waals surface area contributed by atoms with Gasteiger partial charge in [0, 0.05) is 86.8 Å². The zero-order chi connectivity index (χ0) is 43.6. The summed E-state index contributed by atoms with van der Waals surface area (Å²) in [6.45, 7) is 2.57. The first-order valence-electron chi connectivity index (χ1n) is 20.7. The van der Waals surface area contributed by atoms with Gasteiger partial charge < -0.3 is 10.0 Å². The Morgan fingerprint density at radius 1 is 0.661 bits per heavy atom. The van der Waals surface area contributed by atoms with E-state index in [2.05, 4.69) is 40.1 Å². The number of aromatic nitrogens is 8. The van der Waals surface area contributed by atoms with Crippen molar-refractivity contribution in [2.45, 2.75) is 94.7 Å². The van der Waals surface area contributed by atoms with Gasteiger partial charge in [-0.25, -0.2) is 24.7 Å². The van der Waals surface area contributed by atoms with Crippen LogP contribution in [0, 0.1) is 0 Å². The van der Waals surface area contributed by atoms with Crippen LogP contribution >= 0.6 is 23.2 Å². The van der Waals surface area contributed by atoms with Gasteiger partial charge in [0.25, 0.3) is 0 Å². The summed E-state index contributed by atoms with van der Waals surface area (Å²) >= 11 is 12.1. The lowest BCUT2D eigenvalue weighted by atomic mass is 9.81. The Kier molecular flexibility index (Phi) is 14.8. The summed E-state index contributed by atoms with van der Waals surface area (Å²) in [5.41, 5.74) is 9.96. The van der Waals surface area contributed by atoms with Gasteiger partial charge in [0.15, 0.2) is 0 Å². The molecule has 0 bridgehead atoms. The van der Waals surface area contributed by atoms with Crippen LogP contribution in [-0.4, -0.2) is 87.4 Å². The fraction of sp³-hybridized carbons (Fsp3) is 0.378. The lowest BCUT2D eigenvalue weighted by molar-refractivity contribution is -0.192. The molecular formula is C45H46Cl2F3N9O3. The van der Waals surface area contributed by atoms with Gasteiger partial charge in [-0.1, -0.05) is 53.9 Å². The normalized spacial score (nSPS) is 18.6. The van der Waals surface area contributed by atoms with E-state index in [0.717, 1.165) is 74.6 Å². The smallest absolute Gasteiger partial charge is 0.475 e. The number of likely N-dealkylation sites (tertiary alicyclic amines) is 1. The number of nitrogens with one attached hydrogen (secondary N) is 2. The number of halogens is 5. The largest absolute Gasteiger partial charge is 0.490 e. The second-order valence-corrected chi connectivity index (χ2v) is 16.5. The zero-order valence-electron chi connectivity index (χ0n) is 33.8. The van der Waals surface area contributed by atoms with E-state index >= 15 is 0 Å². The van der Waals surface area contributed by atoms with Gasteiger partial charge in [-0.05, 0) is 101 Å². The highest BCUT2D eigenvalue weighted by molar-refractivity contribution is 6.31. The molecule has 1 saturated heterocycles. The maximum Gasteiger partial charge on any atom is 0.490 e. The van der Waals surface area contributed by atoms with Crippen molar-refractivity contribution in [2.24, 2.45) is 0 Å². The van der Waals surface area contributed by atoms with Gasteiger partial charge in [-0.2, -0.15) is 23.4 Å². The number of nitrogens with zero attached hydrogens (tertiary/aromatic N) is 7. The standard InChI is InChI=1S/C24H28ClN5.C19H17ClN4O.C2HF3O2/c25-19-8-4-17(5-9-19)23-22(21-12-13-26-16-27-21)24(29-28-23)18-6-10-20(11-7-18)30-14-2-1-3-15-30;20-14-5-1-12(2-6-14)18-17(16-9-10-21-11-22-16)19(24-23-18)13-3-7-15(25)8-4-13;3-2(4,5)1(6)7/h4-5,8-9,12-13,16,18,20H,1-3,6-7,10-11,14-15H2,(H,28,29);1-2,5-6,9-11,13H,3-4,7-8H2,(H,23,24);(H,6,7). The molecule has 9 rings (SSSR count). The van der Waals surface area contributed by atoms with Crippen LogP contribution in [0.2, 0.25) is 10.0 Å². The number of aromatic amines is 2. The van der Waals surface area contributed by atoms with E-state index in [1.54, 1.807) is 25.0 Å². The second-order valence-electron chi connectivity index (χ2n) is 15.6. The highest BCUT2D eigenvalue weighted by Crippen LogP contribution is 2.43. The molecule has 3 N–H and O–H groups in total. The summed E-state index contributed by atoms with van der Waals surface area (Å²) in [6.07, 6.45) is 13.6. The number of carboxylic acid groups (broad SMARTS) is 1. The average Bonchev–Trinajstić information content (AvgIpc) is 3.95. The minimum Gasteiger partial charge on any atom is -0.475 e. The predicted octanol–water partition coefficient (Wildman–Crippen LogP) is 10.7. The number of hydrogen-bond donors (Lipinski definition) is 3. The first-order valence-corrected chi connectivity index (χ1v) is 21.5. The molecular weight excluding hydrogens is 842 g/mol. The molecule has 62 heavy (non-hydrogen) atoms. The summed E-state index contributed by atoms with van der Waals surface area (Å²) in [4.78, 5) is 40.3. The number of carbonyl (C=O) groups is 2. The van der Waals surface area contributed by atoms with E-state index in [0.29, 0.717) is 29.6 Å². The molecule has 12 nitrogen and oxygen atoms in total. The van der Waals surface area contributed by atoms with Gasteiger partial charge in [0.1, 0.15) is 29.8 Å². The molecule has 0 radical (unpaired) electrons. The van der Waals surface area contributed by atoms with Crippen LogP contribution < -0.4 is 0 Å². The summed E-state index contributed by atoms with van der Waals surface area (Å²) < 4.78 is 31.7. The van der Waals surface area contributed by atoms with Crippen molar-refractivity contribution in [1.82, 2.24) is 45.2 Å². The Bertz CT molecular complexity index is 2370. The van der Waals surface area contributed by atoms with Crippen LogP contribution in [0.5, 0.6) is 0 Å². The number of benzene rings is 2. The van der Waals surface area contributed by atoms with Crippen molar-refractivity contribution in [1.29, 1.82) is 0 Å². The van der Waals surface area contributed by atoms with Gasteiger partial charge in [-0.3, -0.25) is 15.0 Å². The Morgan fingerprint density at radius 3 is 1.50 bits per heavy atom. The molecule has 3 aliphatic rings. The van der Waals surface area contributed by atoms with E-state index in [1.807, 2.05) is 60.7 Å². The molecule has 17 heteroatoms. The van der Waals surface area contributed by atoms with Gasteiger partial charge in [-0.15, -0.1) is 0 Å². The minimum absolute atomic E-state index is 0.288. The topological polar surface area (TPSA) is 167 Å². The van der Waals surface area contributed by atoms with Gasteiger partial charge in [0.05, 0.1) is 11.4 Å². The van der Waals surface area contributed by atoms with Crippen LogP contribution in [0.25, 0.3) is 45.0 Å². The van der Waals surface area contributed by atoms with Gasteiger partial charge in [0.2, 0.25) is 0 Å². The highest BCUT2D eigenvalue weighted by Gasteiger charge is 2.38. The lowest BCUT2D eigenvalue weighted by Crippen LogP contribution is -2.41. The lowest BCUT2D eigenvalue weighted by Gasteiger charge is -2.38. The van der Waals surface area contributed by atoms with Crippen molar-refractivity contribution >= 4 is 35.0 Å². The molecule has 324 valence electrons. The number of rotatable bonds is 7. The van der Waals surface area contributed by atoms with Crippen LogP contribution in [0.1, 0.15) is 93.9 Å². The van der Waals surface area contributed by atoms with Crippen molar-refractivity contribution in [2.75, 3.05) is 13.1 Å². The number of hydrogen-bond acceptors (Lipinski definition) is 9. The fourth-order valence-corrected chi connectivity index (χ4v) is 8.82. The van der Waals surface area contributed by atoms with Crippen LogP contribution in [0.4, 0.5) is 13.2 Å². The maximum atomic E-state index is 11.6. The van der Waals surface area contributed by atoms with Crippen molar-refractivity contribution in [3.05, 3.63) is 107 Å². The summed E-state index contributed by atoms with van der Waals surface area (Å²) in [5.74, 6) is -1.63. The molecule has 0 unspecified atom stereocenters. The minimum atomic E-state index is -5.08. The third kappa shape index (κ3) is 11.1. The quantitative estimate of drug-likeness (QED) is 0.140. The molecule has 0 amide bonds. The number of aliphatic carboxylic acids is 1. The number of H-pyrrole nitrogens is 2. The molecule has 2 aliphatic carbocycles. The van der Waals surface area contributed by atoms with Crippen molar-refractivity contribution in [3.8, 4) is 45.0 Å². The molecule has 1 aliphatic heterocycles. The number of Topliss-reactive ketones (excluding diaryl/α,β-unsaturated/α-hetero) is 1. The third-order valence-corrected chi connectivity index (χ3v) is 12.2. The van der Waals surface area contributed by atoms with Gasteiger partial charge >= 0.3 is 12.1 Å². The second kappa shape index (κ2) is 20.6. The summed E-state index contributed by atoms with van der Waals surface area (Å²) in [6, 6.07) is 20.1. The molecule has 4 aromatic heterocycles. The van der Waals surface area contributed by atoms with E-state index in [-0.39, 0.29) is 5.92 Å². The molecule has 0 atom stereocenters. The van der Waals surface area contributed by atoms with Crippen LogP contribution in [-0.2, 0) is 9.59 Å². The first-order chi connectivity index (χ1) is 30.0. The van der Waals surface area contributed by atoms with E-state index in [4.69, 9.17) is 38.2 Å². The highest BCUT2D eigenvalue weighted by atomic mass is 35.5. The monoisotopic (exact) mass is 887 g/mol. The number of ketones is 1. The molecule has 2 aromatic carbocycles. The van der Waals surface area contributed by atoms with E-state index < -0.39 is 12.1 Å². The number of carboxylic acids is 1. The number of alkyl halides is 3. The first kappa shape index (κ1) is 44.5. The van der Waals surface area contributed by atoms with Crippen molar-refractivity contribution in [3.63, 3.8) is 0 Å². The third-order valence-electron chi connectivity index (χ3n) is 11.7. The van der Waals surface area contributed by atoms with Crippen molar-refractivity contribution < 1.29 is 27.9 Å². The molecule has 5 heterocycles. The SMILES string of the molecule is Clc1ccc(-c2n[nH]c(C3CCC(N4CCCCC4)CC3)c2-c2ccncn2)cc1.O=C(O)C(F)(F)F.O=C1CCC(c2[nH]nc(-c3ccc(Cl)cc3)c2-c2ccncn2)CC1. The molecule has 3 fully saturated rings. The maximum absolute atomic E-state index is 11.6. The predicted molar refractivity (Wildman–Crippen MR) is 230 cm³/mol. The van der Waals surface area contributed by atoms with E-state index in [1.165, 1.54) is 63.7 Å². The molecule has 6 aromatic rings. The van der Waals surface area contributed by atoms with Crippen LogP contribution in [0.3, 0.4) is 0 Å². The zero-order valence-corrected chi connectivity index (χ0v) is 35.3. The fourth-order valence-electron chi connectivity index (χ4n) is 8.57. The average molecular weight is 889 g/mol.